The smallest absolute Gasteiger partial charge is 0.227 e. The maximum atomic E-state index is 12.6. The first kappa shape index (κ1) is 18.3. The van der Waals surface area contributed by atoms with Gasteiger partial charge in [-0.15, -0.1) is 0 Å². The number of likely N-dealkylation sites (tertiary alicyclic amines) is 1. The molecule has 2 aromatic carbocycles. The van der Waals surface area contributed by atoms with E-state index < -0.39 is 15.2 Å². The minimum absolute atomic E-state index is 0.0405. The molecule has 0 aliphatic carbocycles. The van der Waals surface area contributed by atoms with Crippen LogP contribution in [-0.4, -0.2) is 36.9 Å². The normalized spacial score (nSPS) is 17.0. The second-order valence-electron chi connectivity index (χ2n) is 6.50. The topological polar surface area (TPSA) is 71.5 Å². The van der Waals surface area contributed by atoms with Gasteiger partial charge in [-0.25, -0.2) is 8.42 Å². The van der Waals surface area contributed by atoms with Gasteiger partial charge in [0.25, 0.3) is 0 Å². The third-order valence-electron chi connectivity index (χ3n) is 4.52. The van der Waals surface area contributed by atoms with Crippen LogP contribution in [0.3, 0.4) is 0 Å². The Balaban J connectivity index is 1.58. The summed E-state index contributed by atoms with van der Waals surface area (Å²) in [7, 11) is -3.52. The van der Waals surface area contributed by atoms with E-state index in [1.807, 2.05) is 36.4 Å². The van der Waals surface area contributed by atoms with E-state index in [2.05, 4.69) is 0 Å². The van der Waals surface area contributed by atoms with Crippen molar-refractivity contribution in [3.63, 3.8) is 0 Å². The van der Waals surface area contributed by atoms with E-state index in [1.165, 1.54) is 4.90 Å². The summed E-state index contributed by atoms with van der Waals surface area (Å²) in [5, 5.41) is -0.893. The molecule has 1 saturated heterocycles. The molecule has 1 atom stereocenters. The number of ketones is 1. The Kier molecular flexibility index (Phi) is 5.52. The minimum Gasteiger partial charge on any atom is -0.318 e. The zero-order chi connectivity index (χ0) is 18.6. The molecule has 1 aliphatic heterocycles. The maximum absolute atomic E-state index is 12.6. The SMILES string of the molecule is O=C(CCc1ccccc1)CN1C(=O)CC1S(=O)(=O)Cc1ccccc1. The van der Waals surface area contributed by atoms with Crippen LogP contribution in [0.4, 0.5) is 0 Å². The Labute approximate surface area is 153 Å². The van der Waals surface area contributed by atoms with Crippen LogP contribution in [0.1, 0.15) is 24.0 Å². The Morgan fingerprint density at radius 1 is 0.962 bits per heavy atom. The number of carbonyl (C=O) groups is 2. The highest BCUT2D eigenvalue weighted by Gasteiger charge is 2.45. The van der Waals surface area contributed by atoms with E-state index in [0.29, 0.717) is 18.4 Å². The summed E-state index contributed by atoms with van der Waals surface area (Å²) in [6, 6.07) is 18.5. The number of sulfone groups is 1. The standard InChI is InChI=1S/C20H21NO4S/c22-18(12-11-16-7-3-1-4-8-16)14-21-19(23)13-20(21)26(24,25)15-17-9-5-2-6-10-17/h1-10,20H,11-15H2. The first-order valence-corrected chi connectivity index (χ1v) is 10.3. The third kappa shape index (κ3) is 4.38. The van der Waals surface area contributed by atoms with Crippen LogP contribution in [0.15, 0.2) is 60.7 Å². The van der Waals surface area contributed by atoms with Gasteiger partial charge in [-0.2, -0.15) is 0 Å². The molecule has 1 amide bonds. The quantitative estimate of drug-likeness (QED) is 0.668. The van der Waals surface area contributed by atoms with E-state index in [4.69, 9.17) is 0 Å². The summed E-state index contributed by atoms with van der Waals surface area (Å²) >= 11 is 0. The van der Waals surface area contributed by atoms with Crippen LogP contribution in [0, 0.1) is 0 Å². The Bertz CT molecular complexity index is 879. The number of hydrogen-bond donors (Lipinski definition) is 0. The molecule has 0 spiro atoms. The zero-order valence-corrected chi connectivity index (χ0v) is 15.2. The molecule has 26 heavy (non-hydrogen) atoms. The first-order chi connectivity index (χ1) is 12.5. The van der Waals surface area contributed by atoms with E-state index in [9.17, 15) is 18.0 Å². The van der Waals surface area contributed by atoms with E-state index in [1.54, 1.807) is 24.3 Å². The highest BCUT2D eigenvalue weighted by Crippen LogP contribution is 2.27. The van der Waals surface area contributed by atoms with Crippen LogP contribution in [-0.2, 0) is 31.6 Å². The fourth-order valence-electron chi connectivity index (χ4n) is 3.04. The summed E-state index contributed by atoms with van der Waals surface area (Å²) < 4.78 is 25.2. The summed E-state index contributed by atoms with van der Waals surface area (Å²) in [4.78, 5) is 25.3. The summed E-state index contributed by atoms with van der Waals surface area (Å²) in [6.07, 6.45) is 0.837. The number of rotatable bonds is 8. The van der Waals surface area contributed by atoms with Crippen molar-refractivity contribution in [2.45, 2.75) is 30.4 Å². The monoisotopic (exact) mass is 371 g/mol. The average Bonchev–Trinajstić information content (AvgIpc) is 2.63. The largest absolute Gasteiger partial charge is 0.318 e. The van der Waals surface area contributed by atoms with E-state index in [0.717, 1.165) is 5.56 Å². The molecule has 0 bridgehead atoms. The van der Waals surface area contributed by atoms with E-state index in [-0.39, 0.29) is 30.4 Å². The lowest BCUT2D eigenvalue weighted by molar-refractivity contribution is -0.145. The molecule has 1 aliphatic rings. The van der Waals surface area contributed by atoms with Gasteiger partial charge >= 0.3 is 0 Å². The Morgan fingerprint density at radius 2 is 1.54 bits per heavy atom. The number of β-lactam (4-membered cyclic amide) rings is 1. The van der Waals surface area contributed by atoms with Crippen molar-refractivity contribution < 1.29 is 18.0 Å². The number of amides is 1. The molecule has 5 nitrogen and oxygen atoms in total. The lowest BCUT2D eigenvalue weighted by Gasteiger charge is -2.39. The van der Waals surface area contributed by atoms with Gasteiger partial charge in [0.1, 0.15) is 5.37 Å². The molecule has 6 heteroatoms. The molecular weight excluding hydrogens is 350 g/mol. The molecule has 3 rings (SSSR count). The predicted octanol–water partition coefficient (Wildman–Crippen LogP) is 2.36. The van der Waals surface area contributed by atoms with E-state index >= 15 is 0 Å². The van der Waals surface area contributed by atoms with Crippen molar-refractivity contribution in [3.05, 3.63) is 71.8 Å². The van der Waals surface area contributed by atoms with Crippen LogP contribution in [0.5, 0.6) is 0 Å². The van der Waals surface area contributed by atoms with Gasteiger partial charge in [-0.05, 0) is 17.5 Å². The fraction of sp³-hybridized carbons (Fsp3) is 0.300. The van der Waals surface area contributed by atoms with Crippen LogP contribution < -0.4 is 0 Å². The molecule has 136 valence electrons. The molecule has 1 unspecified atom stereocenters. The number of nitrogens with zero attached hydrogens (tertiary/aromatic N) is 1. The number of hydrogen-bond acceptors (Lipinski definition) is 4. The van der Waals surface area contributed by atoms with Gasteiger partial charge in [-0.1, -0.05) is 60.7 Å². The van der Waals surface area contributed by atoms with Gasteiger partial charge in [0, 0.05) is 6.42 Å². The van der Waals surface area contributed by atoms with Gasteiger partial charge in [0.2, 0.25) is 5.91 Å². The lowest BCUT2D eigenvalue weighted by atomic mass is 10.1. The first-order valence-electron chi connectivity index (χ1n) is 8.56. The zero-order valence-electron chi connectivity index (χ0n) is 14.4. The van der Waals surface area contributed by atoms with Crippen LogP contribution >= 0.6 is 0 Å². The number of aryl methyl sites for hydroxylation is 1. The molecule has 1 fully saturated rings. The van der Waals surface area contributed by atoms with Crippen LogP contribution in [0.2, 0.25) is 0 Å². The number of benzene rings is 2. The Hall–Kier alpha value is -2.47. The lowest BCUT2D eigenvalue weighted by Crippen LogP contribution is -2.58. The molecule has 2 aromatic rings. The predicted molar refractivity (Wildman–Crippen MR) is 99.0 cm³/mol. The Morgan fingerprint density at radius 3 is 2.12 bits per heavy atom. The second kappa shape index (κ2) is 7.83. The van der Waals surface area contributed by atoms with Gasteiger partial charge < -0.3 is 4.90 Å². The average molecular weight is 371 g/mol. The molecular formula is C20H21NO4S. The molecule has 0 N–H and O–H groups in total. The molecule has 1 heterocycles. The van der Waals surface area contributed by atoms with Crippen molar-refractivity contribution in [1.29, 1.82) is 0 Å². The summed E-state index contributed by atoms with van der Waals surface area (Å²) in [5.74, 6) is -0.526. The molecule has 0 saturated carbocycles. The summed E-state index contributed by atoms with van der Waals surface area (Å²) in [6.45, 7) is -0.135. The van der Waals surface area contributed by atoms with Crippen molar-refractivity contribution >= 4 is 21.5 Å². The highest BCUT2D eigenvalue weighted by atomic mass is 32.2. The molecule has 0 radical (unpaired) electrons. The second-order valence-corrected chi connectivity index (χ2v) is 8.66. The highest BCUT2D eigenvalue weighted by molar-refractivity contribution is 7.91. The van der Waals surface area contributed by atoms with Crippen molar-refractivity contribution in [2.24, 2.45) is 0 Å². The fourth-order valence-corrected chi connectivity index (χ4v) is 4.86. The third-order valence-corrected chi connectivity index (χ3v) is 6.51. The van der Waals surface area contributed by atoms with Gasteiger partial charge in [0.05, 0.1) is 18.7 Å². The van der Waals surface area contributed by atoms with Crippen molar-refractivity contribution in [2.75, 3.05) is 6.54 Å². The number of Topliss-reactive ketones (excluding diaryl/α,β-unsaturated/α-hetero) is 1. The van der Waals surface area contributed by atoms with Gasteiger partial charge in [-0.3, -0.25) is 9.59 Å². The van der Waals surface area contributed by atoms with Crippen molar-refractivity contribution in [3.8, 4) is 0 Å². The molecule has 0 aromatic heterocycles. The van der Waals surface area contributed by atoms with Gasteiger partial charge in [0.15, 0.2) is 15.6 Å². The van der Waals surface area contributed by atoms with Crippen LogP contribution in [0.25, 0.3) is 0 Å². The minimum atomic E-state index is -3.52. The van der Waals surface area contributed by atoms with Crippen molar-refractivity contribution in [1.82, 2.24) is 4.90 Å². The maximum Gasteiger partial charge on any atom is 0.227 e. The summed E-state index contributed by atoms with van der Waals surface area (Å²) in [5.41, 5.74) is 1.73. The number of carbonyl (C=O) groups excluding carboxylic acids is 2.